The minimum atomic E-state index is -3.87. The Kier molecular flexibility index (Phi) is 4.24. The molecule has 20 heavy (non-hydrogen) atoms. The van der Waals surface area contributed by atoms with Gasteiger partial charge >= 0.3 is 0 Å². The van der Waals surface area contributed by atoms with Gasteiger partial charge in [0.1, 0.15) is 10.7 Å². The van der Waals surface area contributed by atoms with Gasteiger partial charge in [0.05, 0.1) is 11.4 Å². The SMILES string of the molecule is CNc1ccncc1S(=O)(=O)Nc1cc(F)ccc1Br. The minimum absolute atomic E-state index is 0.0151. The lowest BCUT2D eigenvalue weighted by molar-refractivity contribution is 0.601. The van der Waals surface area contributed by atoms with Crippen molar-refractivity contribution < 1.29 is 12.8 Å². The Hall–Kier alpha value is -1.67. The monoisotopic (exact) mass is 359 g/mol. The van der Waals surface area contributed by atoms with Crippen LogP contribution in [0.1, 0.15) is 0 Å². The Balaban J connectivity index is 2.43. The molecule has 0 spiro atoms. The van der Waals surface area contributed by atoms with Gasteiger partial charge in [-0.3, -0.25) is 9.71 Å². The smallest absolute Gasteiger partial charge is 0.265 e. The summed E-state index contributed by atoms with van der Waals surface area (Å²) in [7, 11) is -2.26. The molecule has 1 aromatic carbocycles. The summed E-state index contributed by atoms with van der Waals surface area (Å²) in [4.78, 5) is 3.78. The van der Waals surface area contributed by atoms with Gasteiger partial charge in [-0.05, 0) is 40.2 Å². The highest BCUT2D eigenvalue weighted by Crippen LogP contribution is 2.27. The summed E-state index contributed by atoms with van der Waals surface area (Å²) in [6.45, 7) is 0. The zero-order chi connectivity index (χ0) is 14.8. The third kappa shape index (κ3) is 3.07. The van der Waals surface area contributed by atoms with Gasteiger partial charge in [-0.1, -0.05) is 0 Å². The van der Waals surface area contributed by atoms with Crippen LogP contribution in [0.2, 0.25) is 0 Å². The molecular weight excluding hydrogens is 349 g/mol. The highest BCUT2D eigenvalue weighted by molar-refractivity contribution is 9.10. The Labute approximate surface area is 124 Å². The number of pyridine rings is 1. The number of halogens is 2. The van der Waals surface area contributed by atoms with E-state index in [1.165, 1.54) is 30.6 Å². The Morgan fingerprint density at radius 2 is 2.00 bits per heavy atom. The van der Waals surface area contributed by atoms with Gasteiger partial charge in [-0.2, -0.15) is 0 Å². The maximum atomic E-state index is 13.2. The molecule has 0 bridgehead atoms. The van der Waals surface area contributed by atoms with E-state index in [1.807, 2.05) is 0 Å². The highest BCUT2D eigenvalue weighted by Gasteiger charge is 2.19. The van der Waals surface area contributed by atoms with Crippen LogP contribution in [0.4, 0.5) is 15.8 Å². The van der Waals surface area contributed by atoms with E-state index >= 15 is 0 Å². The lowest BCUT2D eigenvalue weighted by Crippen LogP contribution is -2.15. The number of sulfonamides is 1. The summed E-state index contributed by atoms with van der Waals surface area (Å²) in [5, 5.41) is 2.77. The van der Waals surface area contributed by atoms with E-state index in [0.29, 0.717) is 10.2 Å². The van der Waals surface area contributed by atoms with Crippen LogP contribution in [-0.4, -0.2) is 20.4 Å². The first kappa shape index (κ1) is 14.7. The van der Waals surface area contributed by atoms with Crippen molar-refractivity contribution in [3.8, 4) is 0 Å². The molecule has 1 aromatic heterocycles. The van der Waals surface area contributed by atoms with Gasteiger partial charge < -0.3 is 5.32 Å². The minimum Gasteiger partial charge on any atom is -0.387 e. The van der Waals surface area contributed by atoms with Crippen LogP contribution in [0.25, 0.3) is 0 Å². The van der Waals surface area contributed by atoms with Crippen LogP contribution in [0.5, 0.6) is 0 Å². The second-order valence-electron chi connectivity index (χ2n) is 3.85. The predicted octanol–water partition coefficient (Wildman–Crippen LogP) is 2.83. The number of rotatable bonds is 4. The van der Waals surface area contributed by atoms with Crippen molar-refractivity contribution in [3.63, 3.8) is 0 Å². The van der Waals surface area contributed by atoms with Crippen molar-refractivity contribution in [2.45, 2.75) is 4.90 Å². The van der Waals surface area contributed by atoms with E-state index in [1.54, 1.807) is 7.05 Å². The fourth-order valence-corrected chi connectivity index (χ4v) is 3.28. The molecule has 0 aliphatic carbocycles. The summed E-state index contributed by atoms with van der Waals surface area (Å²) < 4.78 is 40.6. The summed E-state index contributed by atoms with van der Waals surface area (Å²) in [6, 6.07) is 5.28. The summed E-state index contributed by atoms with van der Waals surface area (Å²) in [6.07, 6.45) is 2.70. The summed E-state index contributed by atoms with van der Waals surface area (Å²) in [5.41, 5.74) is 0.524. The van der Waals surface area contributed by atoms with Crippen LogP contribution in [0.3, 0.4) is 0 Å². The molecule has 0 saturated heterocycles. The van der Waals surface area contributed by atoms with Gasteiger partial charge in [0.25, 0.3) is 10.0 Å². The van der Waals surface area contributed by atoms with E-state index in [2.05, 4.69) is 31.0 Å². The van der Waals surface area contributed by atoms with E-state index in [0.717, 1.165) is 6.07 Å². The van der Waals surface area contributed by atoms with Gasteiger partial charge in [-0.15, -0.1) is 0 Å². The number of hydrogen-bond donors (Lipinski definition) is 2. The van der Waals surface area contributed by atoms with Crippen LogP contribution in [0.15, 0.2) is 46.0 Å². The van der Waals surface area contributed by atoms with Crippen LogP contribution in [-0.2, 0) is 10.0 Å². The molecule has 0 atom stereocenters. The molecule has 0 fully saturated rings. The Morgan fingerprint density at radius 1 is 1.25 bits per heavy atom. The molecule has 2 rings (SSSR count). The van der Waals surface area contributed by atoms with Gasteiger partial charge in [-0.25, -0.2) is 12.8 Å². The lowest BCUT2D eigenvalue weighted by atomic mass is 10.3. The Morgan fingerprint density at radius 3 is 2.70 bits per heavy atom. The molecule has 0 radical (unpaired) electrons. The van der Waals surface area contributed by atoms with Crippen molar-refractivity contribution in [1.82, 2.24) is 4.98 Å². The molecule has 0 aliphatic heterocycles. The molecule has 2 N–H and O–H groups in total. The van der Waals surface area contributed by atoms with Crippen LogP contribution < -0.4 is 10.0 Å². The number of anilines is 2. The normalized spacial score (nSPS) is 11.2. The van der Waals surface area contributed by atoms with E-state index < -0.39 is 15.8 Å². The molecule has 0 saturated carbocycles. The van der Waals surface area contributed by atoms with Crippen LogP contribution in [0, 0.1) is 5.82 Å². The molecule has 5 nitrogen and oxygen atoms in total. The average Bonchev–Trinajstić information content (AvgIpc) is 2.42. The Bertz CT molecular complexity index is 737. The molecule has 0 amide bonds. The first-order valence-corrected chi connectivity index (χ1v) is 7.81. The molecule has 0 aliphatic rings. The quantitative estimate of drug-likeness (QED) is 0.880. The van der Waals surface area contributed by atoms with E-state index in [4.69, 9.17) is 0 Å². The van der Waals surface area contributed by atoms with Gasteiger partial charge in [0, 0.05) is 23.9 Å². The highest BCUT2D eigenvalue weighted by atomic mass is 79.9. The first-order chi connectivity index (χ1) is 9.44. The molecule has 106 valence electrons. The van der Waals surface area contributed by atoms with E-state index in [-0.39, 0.29) is 10.6 Å². The molecular formula is C12H11BrFN3O2S. The number of nitrogens with zero attached hydrogens (tertiary/aromatic N) is 1. The van der Waals surface area contributed by atoms with Gasteiger partial charge in [0.15, 0.2) is 0 Å². The lowest BCUT2D eigenvalue weighted by Gasteiger charge is -2.12. The molecule has 0 unspecified atom stereocenters. The maximum Gasteiger partial charge on any atom is 0.265 e. The van der Waals surface area contributed by atoms with Crippen LogP contribution >= 0.6 is 15.9 Å². The predicted molar refractivity (Wildman–Crippen MR) is 78.7 cm³/mol. The number of benzene rings is 1. The first-order valence-electron chi connectivity index (χ1n) is 5.53. The van der Waals surface area contributed by atoms with E-state index in [9.17, 15) is 12.8 Å². The second kappa shape index (κ2) is 5.76. The largest absolute Gasteiger partial charge is 0.387 e. The molecule has 8 heteroatoms. The van der Waals surface area contributed by atoms with Crippen molar-refractivity contribution in [1.29, 1.82) is 0 Å². The number of aromatic nitrogens is 1. The van der Waals surface area contributed by atoms with Gasteiger partial charge in [0.2, 0.25) is 0 Å². The fourth-order valence-electron chi connectivity index (χ4n) is 1.58. The van der Waals surface area contributed by atoms with Crippen molar-refractivity contribution in [2.75, 3.05) is 17.1 Å². The topological polar surface area (TPSA) is 71.1 Å². The third-order valence-electron chi connectivity index (χ3n) is 2.52. The molecule has 1 heterocycles. The maximum absolute atomic E-state index is 13.2. The summed E-state index contributed by atoms with van der Waals surface area (Å²) in [5.74, 6) is -0.536. The van der Waals surface area contributed by atoms with Crippen molar-refractivity contribution in [3.05, 3.63) is 46.9 Å². The second-order valence-corrected chi connectivity index (χ2v) is 6.36. The number of hydrogen-bond acceptors (Lipinski definition) is 4. The fraction of sp³-hybridized carbons (Fsp3) is 0.0833. The number of nitrogens with one attached hydrogen (secondary N) is 2. The van der Waals surface area contributed by atoms with Crippen molar-refractivity contribution in [2.24, 2.45) is 0 Å². The average molecular weight is 360 g/mol. The summed E-state index contributed by atoms with van der Waals surface area (Å²) >= 11 is 3.17. The zero-order valence-electron chi connectivity index (χ0n) is 10.4. The zero-order valence-corrected chi connectivity index (χ0v) is 12.8. The molecule has 2 aromatic rings. The van der Waals surface area contributed by atoms with Crippen molar-refractivity contribution >= 4 is 37.3 Å². The standard InChI is InChI=1S/C12H11BrFN3O2S/c1-15-10-4-5-16-7-12(10)20(18,19)17-11-6-8(14)2-3-9(11)13/h2-7,17H,1H3,(H,15,16). The third-order valence-corrected chi connectivity index (χ3v) is 4.60.